The van der Waals surface area contributed by atoms with E-state index in [1.807, 2.05) is 0 Å². The Morgan fingerprint density at radius 1 is 0.970 bits per heavy atom. The van der Waals surface area contributed by atoms with E-state index in [2.05, 4.69) is 9.71 Å². The van der Waals surface area contributed by atoms with Crippen molar-refractivity contribution < 1.29 is 26.7 Å². The molecule has 4 aromatic rings. The molecule has 0 aliphatic carbocycles. The normalized spacial score (nSPS) is 12.6. The van der Waals surface area contributed by atoms with Gasteiger partial charge in [0.25, 0.3) is 10.0 Å². The van der Waals surface area contributed by atoms with Crippen molar-refractivity contribution in [3.63, 3.8) is 0 Å². The van der Waals surface area contributed by atoms with Gasteiger partial charge in [-0.15, -0.1) is 0 Å². The molecule has 0 saturated heterocycles. The zero-order chi connectivity index (χ0) is 23.6. The number of benzene rings is 3. The number of alkyl halides is 2. The third-order valence-corrected chi connectivity index (χ3v) is 6.29. The number of nitrogens with zero attached hydrogens (tertiary/aromatic N) is 2. The first-order valence-corrected chi connectivity index (χ1v) is 11.4. The van der Waals surface area contributed by atoms with Crippen molar-refractivity contribution in [3.05, 3.63) is 90.3 Å². The molecule has 1 unspecified atom stereocenters. The van der Waals surface area contributed by atoms with Gasteiger partial charge in [0.05, 0.1) is 21.5 Å². The van der Waals surface area contributed by atoms with Gasteiger partial charge in [-0.3, -0.25) is 9.29 Å². The average molecular weight is 471 g/mol. The molecule has 0 saturated carbocycles. The maximum atomic E-state index is 13.6. The number of ether oxygens (including phenoxy) is 1. The lowest BCUT2D eigenvalue weighted by atomic mass is 10.2. The van der Waals surface area contributed by atoms with E-state index < -0.39 is 28.6 Å². The van der Waals surface area contributed by atoms with Crippen LogP contribution in [0.15, 0.2) is 83.8 Å². The first-order valence-electron chi connectivity index (χ1n) is 9.90. The molecule has 0 bridgehead atoms. The highest BCUT2D eigenvalue weighted by Gasteiger charge is 2.25. The summed E-state index contributed by atoms with van der Waals surface area (Å²) < 4.78 is 60.8. The molecule has 1 atom stereocenters. The molecular formula is C23H19F2N3O4S. The summed E-state index contributed by atoms with van der Waals surface area (Å²) in [6, 6.07) is 19.9. The van der Waals surface area contributed by atoms with Crippen LogP contribution >= 0.6 is 0 Å². The largest absolute Gasteiger partial charge is 0.451 e. The fourth-order valence-corrected chi connectivity index (χ4v) is 4.39. The van der Waals surface area contributed by atoms with Crippen LogP contribution in [0.3, 0.4) is 0 Å². The predicted molar refractivity (Wildman–Crippen MR) is 119 cm³/mol. The standard InChI is InChI=1S/C23H19F2N3O4S/c1-15(21-26-19-9-5-6-10-20(19)28(21)23(24)25)32-22(29)16-11-13-18(14-12-16)33(30,31)27-17-7-3-2-4-8-17/h2-15,23,27H,1H3. The number of hydrogen-bond donors (Lipinski definition) is 1. The lowest BCUT2D eigenvalue weighted by Gasteiger charge is -2.15. The molecule has 0 radical (unpaired) electrons. The molecule has 10 heteroatoms. The smallest absolute Gasteiger partial charge is 0.338 e. The number of sulfonamides is 1. The topological polar surface area (TPSA) is 90.3 Å². The molecule has 33 heavy (non-hydrogen) atoms. The zero-order valence-electron chi connectivity index (χ0n) is 17.4. The Kier molecular flexibility index (Phi) is 6.10. The van der Waals surface area contributed by atoms with Crippen LogP contribution in [0.2, 0.25) is 0 Å². The first-order chi connectivity index (χ1) is 15.8. The van der Waals surface area contributed by atoms with Crippen molar-refractivity contribution in [2.45, 2.75) is 24.5 Å². The molecule has 0 fully saturated rings. The second-order valence-electron chi connectivity index (χ2n) is 7.15. The fraction of sp³-hybridized carbons (Fsp3) is 0.130. The van der Waals surface area contributed by atoms with E-state index in [1.165, 1.54) is 37.3 Å². The molecule has 0 aliphatic heterocycles. The number of esters is 1. The number of anilines is 1. The summed E-state index contributed by atoms with van der Waals surface area (Å²) in [6.45, 7) is -1.42. The maximum Gasteiger partial charge on any atom is 0.338 e. The number of aromatic nitrogens is 2. The molecule has 0 spiro atoms. The number of fused-ring (bicyclic) bond motifs is 1. The van der Waals surface area contributed by atoms with Crippen LogP contribution in [-0.4, -0.2) is 23.9 Å². The minimum Gasteiger partial charge on any atom is -0.451 e. The van der Waals surface area contributed by atoms with Crippen LogP contribution in [0.25, 0.3) is 11.0 Å². The Balaban J connectivity index is 1.51. The third-order valence-electron chi connectivity index (χ3n) is 4.89. The van der Waals surface area contributed by atoms with Gasteiger partial charge in [0, 0.05) is 5.69 Å². The van der Waals surface area contributed by atoms with Crippen LogP contribution in [0.1, 0.15) is 35.8 Å². The van der Waals surface area contributed by atoms with E-state index in [4.69, 9.17) is 4.74 Å². The highest BCUT2D eigenvalue weighted by molar-refractivity contribution is 7.92. The maximum absolute atomic E-state index is 13.6. The van der Waals surface area contributed by atoms with Gasteiger partial charge in [0.2, 0.25) is 0 Å². The van der Waals surface area contributed by atoms with Crippen LogP contribution in [0.4, 0.5) is 14.5 Å². The first kappa shape index (κ1) is 22.4. The predicted octanol–water partition coefficient (Wildman–Crippen LogP) is 5.15. The van der Waals surface area contributed by atoms with E-state index in [9.17, 15) is 22.0 Å². The monoisotopic (exact) mass is 471 g/mol. The molecular weight excluding hydrogens is 452 g/mol. The summed E-state index contributed by atoms with van der Waals surface area (Å²) in [6.07, 6.45) is -1.07. The van der Waals surface area contributed by atoms with E-state index >= 15 is 0 Å². The fourth-order valence-electron chi connectivity index (χ4n) is 3.33. The van der Waals surface area contributed by atoms with Crippen molar-refractivity contribution in [2.24, 2.45) is 0 Å². The van der Waals surface area contributed by atoms with E-state index in [0.717, 1.165) is 4.57 Å². The molecule has 1 N–H and O–H groups in total. The van der Waals surface area contributed by atoms with Crippen LogP contribution in [0.5, 0.6) is 0 Å². The number of halogens is 2. The number of hydrogen-bond acceptors (Lipinski definition) is 5. The molecule has 170 valence electrons. The molecule has 1 heterocycles. The van der Waals surface area contributed by atoms with E-state index in [-0.39, 0.29) is 21.8 Å². The minimum absolute atomic E-state index is 0.0459. The Bertz CT molecular complexity index is 1390. The molecule has 0 aliphatic rings. The zero-order valence-corrected chi connectivity index (χ0v) is 18.2. The van der Waals surface area contributed by atoms with Gasteiger partial charge >= 0.3 is 12.5 Å². The third kappa shape index (κ3) is 4.70. The van der Waals surface area contributed by atoms with E-state index in [1.54, 1.807) is 48.5 Å². The molecule has 3 aromatic carbocycles. The Morgan fingerprint density at radius 3 is 2.27 bits per heavy atom. The van der Waals surface area contributed by atoms with Crippen molar-refractivity contribution in [2.75, 3.05) is 4.72 Å². The summed E-state index contributed by atoms with van der Waals surface area (Å²) in [7, 11) is -3.85. The molecule has 4 rings (SSSR count). The van der Waals surface area contributed by atoms with Crippen LogP contribution in [-0.2, 0) is 14.8 Å². The number of para-hydroxylation sites is 3. The summed E-state index contributed by atoms with van der Waals surface area (Å²) in [4.78, 5) is 16.7. The molecule has 1 aromatic heterocycles. The Morgan fingerprint density at radius 2 is 1.61 bits per heavy atom. The Labute approximate surface area is 188 Å². The van der Waals surface area contributed by atoms with Crippen LogP contribution in [0, 0.1) is 0 Å². The number of carbonyl (C=O) groups is 1. The summed E-state index contributed by atoms with van der Waals surface area (Å²) in [5.41, 5.74) is 1.05. The number of rotatable bonds is 7. The molecule has 7 nitrogen and oxygen atoms in total. The highest BCUT2D eigenvalue weighted by Crippen LogP contribution is 2.28. The van der Waals surface area contributed by atoms with Gasteiger partial charge in [0.15, 0.2) is 11.9 Å². The van der Waals surface area contributed by atoms with Gasteiger partial charge < -0.3 is 4.74 Å². The SMILES string of the molecule is CC(OC(=O)c1ccc(S(=O)(=O)Nc2ccccc2)cc1)c1nc2ccccc2n1C(F)F. The van der Waals surface area contributed by atoms with Crippen molar-refractivity contribution in [3.8, 4) is 0 Å². The van der Waals surface area contributed by atoms with E-state index in [0.29, 0.717) is 11.2 Å². The second-order valence-corrected chi connectivity index (χ2v) is 8.83. The van der Waals surface area contributed by atoms with Crippen LogP contribution < -0.4 is 4.72 Å². The van der Waals surface area contributed by atoms with Gasteiger partial charge in [-0.25, -0.2) is 18.2 Å². The van der Waals surface area contributed by atoms with Crippen molar-refractivity contribution in [1.29, 1.82) is 0 Å². The van der Waals surface area contributed by atoms with Crippen molar-refractivity contribution in [1.82, 2.24) is 9.55 Å². The summed E-state index contributed by atoms with van der Waals surface area (Å²) in [5.74, 6) is -0.888. The number of carbonyl (C=O) groups excluding carboxylic acids is 1. The van der Waals surface area contributed by atoms with Gasteiger partial charge in [0.1, 0.15) is 0 Å². The minimum atomic E-state index is -3.85. The second kappa shape index (κ2) is 8.99. The summed E-state index contributed by atoms with van der Waals surface area (Å²) in [5, 5.41) is 0. The quantitative estimate of drug-likeness (QED) is 0.377. The van der Waals surface area contributed by atoms with Crippen molar-refractivity contribution >= 4 is 32.7 Å². The molecule has 0 amide bonds. The lowest BCUT2D eigenvalue weighted by Crippen LogP contribution is -2.15. The number of imidazole rings is 1. The highest BCUT2D eigenvalue weighted by atomic mass is 32.2. The van der Waals surface area contributed by atoms with Gasteiger partial charge in [-0.2, -0.15) is 8.78 Å². The lowest BCUT2D eigenvalue weighted by molar-refractivity contribution is 0.0233. The average Bonchev–Trinajstić information content (AvgIpc) is 3.20. The number of nitrogens with one attached hydrogen (secondary N) is 1. The van der Waals surface area contributed by atoms with Gasteiger partial charge in [-0.1, -0.05) is 30.3 Å². The summed E-state index contributed by atoms with van der Waals surface area (Å²) >= 11 is 0. The Hall–Kier alpha value is -3.79. The van der Waals surface area contributed by atoms with Gasteiger partial charge in [-0.05, 0) is 55.5 Å².